The molecule has 3 heterocycles. The zero-order valence-corrected chi connectivity index (χ0v) is 15.7. The lowest BCUT2D eigenvalue weighted by Gasteiger charge is -2.24. The summed E-state index contributed by atoms with van der Waals surface area (Å²) in [5, 5.41) is 4.93. The molecule has 3 aromatic rings. The number of fused-ring (bicyclic) bond motifs is 1. The minimum absolute atomic E-state index is 0.100. The Hall–Kier alpha value is -2.99. The first kappa shape index (κ1) is 17.4. The Morgan fingerprint density at radius 2 is 2.00 bits per heavy atom. The van der Waals surface area contributed by atoms with E-state index in [0.717, 1.165) is 16.1 Å². The van der Waals surface area contributed by atoms with Gasteiger partial charge in [-0.2, -0.15) is 0 Å². The Labute approximate surface area is 161 Å². The first-order valence-corrected chi connectivity index (χ1v) is 9.65. The normalized spacial score (nSPS) is 15.7. The van der Waals surface area contributed by atoms with Gasteiger partial charge in [-0.25, -0.2) is 0 Å². The summed E-state index contributed by atoms with van der Waals surface area (Å²) < 4.78 is 0. The smallest absolute Gasteiger partial charge is 0.260 e. The molecule has 1 aromatic carbocycles. The molecule has 136 valence electrons. The van der Waals surface area contributed by atoms with E-state index in [4.69, 9.17) is 0 Å². The minimum atomic E-state index is -0.403. The number of hydrogen-bond donors (Lipinski definition) is 1. The number of rotatable bonds is 5. The van der Waals surface area contributed by atoms with E-state index in [1.54, 1.807) is 34.6 Å². The van der Waals surface area contributed by atoms with Crippen LogP contribution in [0.2, 0.25) is 0 Å². The molecule has 0 saturated heterocycles. The van der Waals surface area contributed by atoms with Crippen molar-refractivity contribution >= 4 is 28.8 Å². The molecule has 0 saturated carbocycles. The van der Waals surface area contributed by atoms with Crippen molar-refractivity contribution in [3.8, 4) is 0 Å². The molecule has 0 spiro atoms. The third kappa shape index (κ3) is 3.48. The molecular formula is C21H19N3O2S. The molecule has 0 fully saturated rings. The van der Waals surface area contributed by atoms with Crippen molar-refractivity contribution in [3.05, 3.63) is 81.8 Å². The number of nitrogens with zero attached hydrogens (tertiary/aromatic N) is 2. The predicted molar refractivity (Wildman–Crippen MR) is 106 cm³/mol. The van der Waals surface area contributed by atoms with Gasteiger partial charge in [0, 0.05) is 16.8 Å². The van der Waals surface area contributed by atoms with Crippen LogP contribution in [0.15, 0.2) is 60.1 Å². The fourth-order valence-corrected chi connectivity index (χ4v) is 3.94. The maximum absolute atomic E-state index is 13.0. The molecule has 1 aliphatic heterocycles. The number of thiophene rings is 1. The van der Waals surface area contributed by atoms with Crippen molar-refractivity contribution in [1.82, 2.24) is 10.3 Å². The van der Waals surface area contributed by atoms with E-state index in [-0.39, 0.29) is 18.2 Å². The summed E-state index contributed by atoms with van der Waals surface area (Å²) in [6, 6.07) is 14.8. The van der Waals surface area contributed by atoms with Crippen LogP contribution in [0.5, 0.6) is 0 Å². The molecule has 4 rings (SSSR count). The first-order chi connectivity index (χ1) is 13.1. The van der Waals surface area contributed by atoms with Crippen molar-refractivity contribution < 1.29 is 9.59 Å². The number of carbonyl (C=O) groups is 2. The molecule has 6 heteroatoms. The number of carbonyl (C=O) groups excluding carboxylic acids is 2. The topological polar surface area (TPSA) is 62.3 Å². The summed E-state index contributed by atoms with van der Waals surface area (Å²) in [6.07, 6.45) is 1.84. The number of aryl methyl sites for hydroxylation is 1. The number of anilines is 1. The van der Waals surface area contributed by atoms with Crippen molar-refractivity contribution in [3.63, 3.8) is 0 Å². The van der Waals surface area contributed by atoms with Crippen LogP contribution in [0, 0.1) is 6.92 Å². The minimum Gasteiger partial charge on any atom is -0.351 e. The van der Waals surface area contributed by atoms with Gasteiger partial charge in [0.25, 0.3) is 5.91 Å². The van der Waals surface area contributed by atoms with Gasteiger partial charge in [-0.1, -0.05) is 23.8 Å². The second-order valence-electron chi connectivity index (χ2n) is 6.52. The molecular weight excluding hydrogens is 358 g/mol. The van der Waals surface area contributed by atoms with Crippen LogP contribution in [0.1, 0.15) is 39.0 Å². The third-order valence-electron chi connectivity index (χ3n) is 4.65. The summed E-state index contributed by atoms with van der Waals surface area (Å²) in [4.78, 5) is 32.7. The van der Waals surface area contributed by atoms with E-state index in [1.807, 2.05) is 48.7 Å². The van der Waals surface area contributed by atoms with Crippen LogP contribution in [-0.2, 0) is 11.3 Å². The van der Waals surface area contributed by atoms with Crippen molar-refractivity contribution in [2.75, 3.05) is 4.90 Å². The standard InChI is InChI=1S/C21H19N3O2S/c1-14-6-8-15(9-7-14)24-18(20-17(21(24)26)5-2-10-22-20)12-19(25)23-13-16-4-3-11-27-16/h2-11,18H,12-13H2,1H3,(H,23,25). The monoisotopic (exact) mass is 377 g/mol. The van der Waals surface area contributed by atoms with Crippen LogP contribution in [0.3, 0.4) is 0 Å². The highest BCUT2D eigenvalue weighted by molar-refractivity contribution is 7.09. The number of nitrogens with one attached hydrogen (secondary N) is 1. The third-order valence-corrected chi connectivity index (χ3v) is 5.52. The van der Waals surface area contributed by atoms with Crippen LogP contribution >= 0.6 is 11.3 Å². The molecule has 1 aliphatic rings. The fraction of sp³-hybridized carbons (Fsp3) is 0.190. The van der Waals surface area contributed by atoms with Gasteiger partial charge in [0.1, 0.15) is 0 Å². The number of hydrogen-bond acceptors (Lipinski definition) is 4. The number of aromatic nitrogens is 1. The second kappa shape index (κ2) is 7.32. The Bertz CT molecular complexity index is 967. The second-order valence-corrected chi connectivity index (χ2v) is 7.56. The van der Waals surface area contributed by atoms with Gasteiger partial charge >= 0.3 is 0 Å². The van der Waals surface area contributed by atoms with E-state index >= 15 is 0 Å². The SMILES string of the molecule is Cc1ccc(N2C(=O)c3cccnc3C2CC(=O)NCc2cccs2)cc1. The molecule has 0 radical (unpaired) electrons. The van der Waals surface area contributed by atoms with Gasteiger partial charge in [0.15, 0.2) is 0 Å². The highest BCUT2D eigenvalue weighted by atomic mass is 32.1. The Morgan fingerprint density at radius 1 is 1.19 bits per heavy atom. The summed E-state index contributed by atoms with van der Waals surface area (Å²) in [5.41, 5.74) is 3.12. The summed E-state index contributed by atoms with van der Waals surface area (Å²) in [7, 11) is 0. The summed E-state index contributed by atoms with van der Waals surface area (Å²) >= 11 is 1.60. The molecule has 2 aromatic heterocycles. The lowest BCUT2D eigenvalue weighted by molar-refractivity contribution is -0.121. The van der Waals surface area contributed by atoms with Gasteiger partial charge in [0.2, 0.25) is 5.91 Å². The summed E-state index contributed by atoms with van der Waals surface area (Å²) in [5.74, 6) is -0.213. The Kier molecular flexibility index (Phi) is 4.73. The van der Waals surface area contributed by atoms with Crippen LogP contribution in [-0.4, -0.2) is 16.8 Å². The van der Waals surface area contributed by atoms with Gasteiger partial charge in [-0.05, 0) is 42.6 Å². The van der Waals surface area contributed by atoms with Crippen molar-refractivity contribution in [2.45, 2.75) is 25.9 Å². The predicted octanol–water partition coefficient (Wildman–Crippen LogP) is 3.86. The van der Waals surface area contributed by atoms with Crippen LogP contribution in [0.25, 0.3) is 0 Å². The molecule has 2 amide bonds. The molecule has 1 N–H and O–H groups in total. The van der Waals surface area contributed by atoms with Crippen LogP contribution < -0.4 is 10.2 Å². The molecule has 5 nitrogen and oxygen atoms in total. The number of benzene rings is 1. The molecule has 1 unspecified atom stereocenters. The molecule has 0 aliphatic carbocycles. The van der Waals surface area contributed by atoms with Crippen molar-refractivity contribution in [2.24, 2.45) is 0 Å². The maximum atomic E-state index is 13.0. The Balaban J connectivity index is 1.59. The molecule has 1 atom stereocenters. The van der Waals surface area contributed by atoms with E-state index in [1.165, 1.54) is 0 Å². The lowest BCUT2D eigenvalue weighted by Crippen LogP contribution is -2.32. The average Bonchev–Trinajstić information content (AvgIpc) is 3.29. The van der Waals surface area contributed by atoms with E-state index in [0.29, 0.717) is 17.8 Å². The largest absolute Gasteiger partial charge is 0.351 e. The zero-order chi connectivity index (χ0) is 18.8. The molecule has 0 bridgehead atoms. The highest BCUT2D eigenvalue weighted by Crippen LogP contribution is 2.38. The zero-order valence-electron chi connectivity index (χ0n) is 14.9. The quantitative estimate of drug-likeness (QED) is 0.734. The van der Waals surface area contributed by atoms with Crippen LogP contribution in [0.4, 0.5) is 5.69 Å². The highest BCUT2D eigenvalue weighted by Gasteiger charge is 2.39. The van der Waals surface area contributed by atoms with E-state index in [2.05, 4.69) is 10.3 Å². The maximum Gasteiger partial charge on any atom is 0.260 e. The first-order valence-electron chi connectivity index (χ1n) is 8.77. The van der Waals surface area contributed by atoms with E-state index in [9.17, 15) is 9.59 Å². The van der Waals surface area contributed by atoms with Gasteiger partial charge in [-0.15, -0.1) is 11.3 Å². The van der Waals surface area contributed by atoms with E-state index < -0.39 is 6.04 Å². The van der Waals surface area contributed by atoms with Gasteiger partial charge in [0.05, 0.1) is 30.3 Å². The number of pyridine rings is 1. The Morgan fingerprint density at radius 3 is 2.74 bits per heavy atom. The summed E-state index contributed by atoms with van der Waals surface area (Å²) in [6.45, 7) is 2.50. The number of amides is 2. The van der Waals surface area contributed by atoms with Crippen molar-refractivity contribution in [1.29, 1.82) is 0 Å². The fourth-order valence-electron chi connectivity index (χ4n) is 3.29. The van der Waals surface area contributed by atoms with Gasteiger partial charge < -0.3 is 5.32 Å². The molecule has 27 heavy (non-hydrogen) atoms. The van der Waals surface area contributed by atoms with Gasteiger partial charge in [-0.3, -0.25) is 19.5 Å². The average molecular weight is 377 g/mol. The lowest BCUT2D eigenvalue weighted by atomic mass is 10.1.